The highest BCUT2D eigenvalue weighted by Gasteiger charge is 2.27. The second kappa shape index (κ2) is 8.52. The Morgan fingerprint density at radius 1 is 0.962 bits per heavy atom. The minimum Gasteiger partial charge on any atom is -0.426 e. The maximum atomic E-state index is 12.5. The summed E-state index contributed by atoms with van der Waals surface area (Å²) in [5.74, 6) is 0.979. The van der Waals surface area contributed by atoms with Gasteiger partial charge in [-0.15, -0.1) is 0 Å². The predicted molar refractivity (Wildman–Crippen MR) is 104 cm³/mol. The van der Waals surface area contributed by atoms with Gasteiger partial charge < -0.3 is 16.2 Å². The molecule has 0 bridgehead atoms. The van der Waals surface area contributed by atoms with Gasteiger partial charge in [0.25, 0.3) is 0 Å². The van der Waals surface area contributed by atoms with Crippen molar-refractivity contribution in [2.75, 3.05) is 6.54 Å². The van der Waals surface area contributed by atoms with Crippen LogP contribution in [0.2, 0.25) is 0 Å². The summed E-state index contributed by atoms with van der Waals surface area (Å²) in [5, 5.41) is 0. The third-order valence-electron chi connectivity index (χ3n) is 4.87. The zero-order valence-corrected chi connectivity index (χ0v) is 14.8. The molecule has 1 aliphatic rings. The SMILES string of the molecule is NC(N)=NCC1CCC(C(=O)Oc2cccc(-c3ccccc3)c2)CC1. The van der Waals surface area contributed by atoms with Gasteiger partial charge in [0, 0.05) is 6.54 Å². The van der Waals surface area contributed by atoms with E-state index in [1.165, 1.54) is 0 Å². The number of hydrogen-bond donors (Lipinski definition) is 2. The average Bonchev–Trinajstić information content (AvgIpc) is 2.67. The first-order chi connectivity index (χ1) is 12.6. The lowest BCUT2D eigenvalue weighted by atomic mass is 9.82. The first kappa shape index (κ1) is 18.0. The molecule has 3 rings (SSSR count). The summed E-state index contributed by atoms with van der Waals surface area (Å²) in [6.45, 7) is 0.642. The van der Waals surface area contributed by atoms with E-state index >= 15 is 0 Å². The molecule has 0 saturated heterocycles. The summed E-state index contributed by atoms with van der Waals surface area (Å²) >= 11 is 0. The number of nitrogens with two attached hydrogens (primary N) is 2. The Labute approximate surface area is 154 Å². The van der Waals surface area contributed by atoms with Crippen LogP contribution in [0.3, 0.4) is 0 Å². The van der Waals surface area contributed by atoms with Gasteiger partial charge in [-0.3, -0.25) is 9.79 Å². The summed E-state index contributed by atoms with van der Waals surface area (Å²) < 4.78 is 5.64. The quantitative estimate of drug-likeness (QED) is 0.374. The molecule has 136 valence electrons. The number of ether oxygens (including phenoxy) is 1. The third-order valence-corrected chi connectivity index (χ3v) is 4.87. The van der Waals surface area contributed by atoms with Gasteiger partial charge >= 0.3 is 5.97 Å². The number of hydrogen-bond acceptors (Lipinski definition) is 3. The maximum Gasteiger partial charge on any atom is 0.314 e. The zero-order chi connectivity index (χ0) is 18.4. The van der Waals surface area contributed by atoms with Crippen molar-refractivity contribution < 1.29 is 9.53 Å². The van der Waals surface area contributed by atoms with Crippen molar-refractivity contribution in [3.63, 3.8) is 0 Å². The fraction of sp³-hybridized carbons (Fsp3) is 0.333. The van der Waals surface area contributed by atoms with Gasteiger partial charge in [0.15, 0.2) is 5.96 Å². The van der Waals surface area contributed by atoms with Crippen molar-refractivity contribution in [1.82, 2.24) is 0 Å². The van der Waals surface area contributed by atoms with E-state index in [2.05, 4.69) is 4.99 Å². The normalized spacial score (nSPS) is 19.5. The first-order valence-electron chi connectivity index (χ1n) is 9.04. The van der Waals surface area contributed by atoms with E-state index < -0.39 is 0 Å². The van der Waals surface area contributed by atoms with Crippen molar-refractivity contribution in [3.8, 4) is 16.9 Å². The number of guanidine groups is 1. The first-order valence-corrected chi connectivity index (χ1v) is 9.04. The molecule has 0 spiro atoms. The van der Waals surface area contributed by atoms with Gasteiger partial charge in [-0.1, -0.05) is 42.5 Å². The number of carbonyl (C=O) groups excluding carboxylic acids is 1. The fourth-order valence-electron chi connectivity index (χ4n) is 3.38. The number of esters is 1. The molecule has 26 heavy (non-hydrogen) atoms. The molecule has 4 N–H and O–H groups in total. The Morgan fingerprint density at radius 3 is 2.35 bits per heavy atom. The van der Waals surface area contributed by atoms with Crippen LogP contribution in [-0.4, -0.2) is 18.5 Å². The molecule has 1 saturated carbocycles. The Bertz CT molecular complexity index is 762. The standard InChI is InChI=1S/C21H25N3O2/c22-21(23)24-14-15-9-11-17(12-10-15)20(25)26-19-8-4-7-18(13-19)16-5-2-1-3-6-16/h1-8,13,15,17H,9-12,14H2,(H4,22,23,24). The van der Waals surface area contributed by atoms with E-state index in [0.29, 0.717) is 18.2 Å². The third kappa shape index (κ3) is 4.85. The van der Waals surface area contributed by atoms with Crippen LogP contribution in [0.25, 0.3) is 11.1 Å². The van der Waals surface area contributed by atoms with E-state index in [4.69, 9.17) is 16.2 Å². The highest BCUT2D eigenvalue weighted by molar-refractivity contribution is 5.76. The minimum atomic E-state index is -0.143. The Balaban J connectivity index is 1.57. The van der Waals surface area contributed by atoms with Crippen LogP contribution < -0.4 is 16.2 Å². The van der Waals surface area contributed by atoms with Crippen molar-refractivity contribution in [3.05, 3.63) is 54.6 Å². The molecular formula is C21H25N3O2. The molecule has 5 nitrogen and oxygen atoms in total. The van der Waals surface area contributed by atoms with Gasteiger partial charge in [-0.05, 0) is 54.9 Å². The average molecular weight is 351 g/mol. The van der Waals surface area contributed by atoms with Gasteiger partial charge in [-0.25, -0.2) is 0 Å². The van der Waals surface area contributed by atoms with Crippen molar-refractivity contribution in [2.24, 2.45) is 28.3 Å². The van der Waals surface area contributed by atoms with E-state index in [0.717, 1.165) is 36.8 Å². The molecule has 0 aromatic heterocycles. The molecule has 0 unspecified atom stereocenters. The van der Waals surface area contributed by atoms with Crippen LogP contribution >= 0.6 is 0 Å². The molecule has 2 aromatic rings. The van der Waals surface area contributed by atoms with Gasteiger partial charge in [-0.2, -0.15) is 0 Å². The highest BCUT2D eigenvalue weighted by atomic mass is 16.5. The molecule has 5 heteroatoms. The summed E-state index contributed by atoms with van der Waals surface area (Å²) in [4.78, 5) is 16.6. The van der Waals surface area contributed by atoms with Crippen molar-refractivity contribution in [2.45, 2.75) is 25.7 Å². The Kier molecular flexibility index (Phi) is 5.89. The van der Waals surface area contributed by atoms with Crippen LogP contribution in [0.5, 0.6) is 5.75 Å². The van der Waals surface area contributed by atoms with Gasteiger partial charge in [0.2, 0.25) is 0 Å². The van der Waals surface area contributed by atoms with Crippen LogP contribution in [0.4, 0.5) is 0 Å². The zero-order valence-electron chi connectivity index (χ0n) is 14.8. The lowest BCUT2D eigenvalue weighted by Gasteiger charge is -2.26. The number of aliphatic imine (C=N–C) groups is 1. The van der Waals surface area contributed by atoms with Gasteiger partial charge in [0.1, 0.15) is 5.75 Å². The molecule has 0 atom stereocenters. The molecule has 0 amide bonds. The lowest BCUT2D eigenvalue weighted by Crippen LogP contribution is -2.28. The Morgan fingerprint density at radius 2 is 1.65 bits per heavy atom. The molecule has 2 aromatic carbocycles. The Hall–Kier alpha value is -2.82. The van der Waals surface area contributed by atoms with E-state index in [-0.39, 0.29) is 17.8 Å². The second-order valence-electron chi connectivity index (χ2n) is 6.80. The molecule has 1 fully saturated rings. The molecule has 0 heterocycles. The maximum absolute atomic E-state index is 12.5. The van der Waals surface area contributed by atoms with Crippen LogP contribution in [-0.2, 0) is 4.79 Å². The molecule has 0 aliphatic heterocycles. The highest BCUT2D eigenvalue weighted by Crippen LogP contribution is 2.31. The van der Waals surface area contributed by atoms with Crippen LogP contribution in [0.1, 0.15) is 25.7 Å². The molecule has 0 radical (unpaired) electrons. The topological polar surface area (TPSA) is 90.7 Å². The summed E-state index contributed by atoms with van der Waals surface area (Å²) in [6.07, 6.45) is 3.53. The fourth-order valence-corrected chi connectivity index (χ4v) is 3.38. The summed E-state index contributed by atoms with van der Waals surface area (Å²) in [7, 11) is 0. The van der Waals surface area contributed by atoms with Crippen LogP contribution in [0.15, 0.2) is 59.6 Å². The van der Waals surface area contributed by atoms with Crippen LogP contribution in [0, 0.1) is 11.8 Å². The van der Waals surface area contributed by atoms with E-state index in [1.807, 2.05) is 54.6 Å². The van der Waals surface area contributed by atoms with E-state index in [9.17, 15) is 4.79 Å². The minimum absolute atomic E-state index is 0.0502. The second-order valence-corrected chi connectivity index (χ2v) is 6.80. The summed E-state index contributed by atoms with van der Waals surface area (Å²) in [6, 6.07) is 17.7. The predicted octanol–water partition coefficient (Wildman–Crippen LogP) is 3.34. The van der Waals surface area contributed by atoms with Crippen molar-refractivity contribution >= 4 is 11.9 Å². The largest absolute Gasteiger partial charge is 0.426 e. The van der Waals surface area contributed by atoms with Crippen molar-refractivity contribution in [1.29, 1.82) is 0 Å². The molecule has 1 aliphatic carbocycles. The van der Waals surface area contributed by atoms with Gasteiger partial charge in [0.05, 0.1) is 5.92 Å². The number of benzene rings is 2. The lowest BCUT2D eigenvalue weighted by molar-refractivity contribution is -0.140. The molecular weight excluding hydrogens is 326 g/mol. The number of rotatable bonds is 5. The summed E-state index contributed by atoms with van der Waals surface area (Å²) in [5.41, 5.74) is 12.9. The smallest absolute Gasteiger partial charge is 0.314 e. The van der Waals surface area contributed by atoms with E-state index in [1.54, 1.807) is 0 Å². The monoisotopic (exact) mass is 351 g/mol. The number of nitrogens with zero attached hydrogens (tertiary/aromatic N) is 1. The number of carbonyl (C=O) groups is 1.